The summed E-state index contributed by atoms with van der Waals surface area (Å²) >= 11 is 3.39. The van der Waals surface area contributed by atoms with Gasteiger partial charge in [-0.25, -0.2) is 0 Å². The Morgan fingerprint density at radius 1 is 1.30 bits per heavy atom. The van der Waals surface area contributed by atoms with Gasteiger partial charge in [-0.1, -0.05) is 39.3 Å². The van der Waals surface area contributed by atoms with Gasteiger partial charge in [0.1, 0.15) is 0 Å². The van der Waals surface area contributed by atoms with Gasteiger partial charge in [-0.05, 0) is 25.1 Å². The van der Waals surface area contributed by atoms with Crippen molar-refractivity contribution in [2.24, 2.45) is 0 Å². The maximum atomic E-state index is 12.6. The average molecular weight is 431 g/mol. The van der Waals surface area contributed by atoms with E-state index in [1.165, 1.54) is 11.0 Å². The maximum absolute atomic E-state index is 12.6. The van der Waals surface area contributed by atoms with E-state index in [9.17, 15) is 14.9 Å². The number of aromatic nitrogens is 2. The number of carbonyl (C=O) groups excluding carboxylic acids is 1. The molecule has 2 aromatic carbocycles. The smallest absolute Gasteiger partial charge is 0.273 e. The van der Waals surface area contributed by atoms with Gasteiger partial charge >= 0.3 is 0 Å². The van der Waals surface area contributed by atoms with Gasteiger partial charge in [0.15, 0.2) is 0 Å². The highest BCUT2D eigenvalue weighted by atomic mass is 79.9. The molecule has 3 aromatic rings. The van der Waals surface area contributed by atoms with E-state index in [4.69, 9.17) is 4.52 Å². The third-order valence-corrected chi connectivity index (χ3v) is 4.42. The largest absolute Gasteiger partial charge is 0.337 e. The number of nitrogens with zero attached hydrogens (tertiary/aromatic N) is 4. The van der Waals surface area contributed by atoms with Crippen LogP contribution in [0.2, 0.25) is 0 Å². The predicted octanol–water partition coefficient (Wildman–Crippen LogP) is 3.99. The van der Waals surface area contributed by atoms with Crippen molar-refractivity contribution in [2.75, 3.05) is 7.05 Å². The molecule has 1 amide bonds. The van der Waals surface area contributed by atoms with Crippen LogP contribution in [0.15, 0.2) is 51.5 Å². The number of carbonyl (C=O) groups is 1. The first kappa shape index (κ1) is 18.7. The summed E-state index contributed by atoms with van der Waals surface area (Å²) < 4.78 is 6.11. The monoisotopic (exact) mass is 430 g/mol. The molecule has 0 spiro atoms. The Labute approximate surface area is 163 Å². The lowest BCUT2D eigenvalue weighted by Crippen LogP contribution is -2.26. The third kappa shape index (κ3) is 4.20. The van der Waals surface area contributed by atoms with Crippen molar-refractivity contribution in [3.8, 4) is 11.4 Å². The molecule has 0 bridgehead atoms. The molecule has 0 fully saturated rings. The number of benzene rings is 2. The van der Waals surface area contributed by atoms with E-state index >= 15 is 0 Å². The molecule has 0 unspecified atom stereocenters. The molecule has 0 aliphatic carbocycles. The van der Waals surface area contributed by atoms with Crippen molar-refractivity contribution in [1.29, 1.82) is 0 Å². The SMILES string of the molecule is Cc1ccc(C(=O)N(C)Cc2nc(-c3cccc(Br)c3)no2)cc1[N+](=O)[O-]. The van der Waals surface area contributed by atoms with Crippen LogP contribution in [-0.4, -0.2) is 32.9 Å². The van der Waals surface area contributed by atoms with Crippen LogP contribution in [0, 0.1) is 17.0 Å². The van der Waals surface area contributed by atoms with Gasteiger partial charge in [-0.15, -0.1) is 0 Å². The molecule has 0 aliphatic heterocycles. The maximum Gasteiger partial charge on any atom is 0.273 e. The summed E-state index contributed by atoms with van der Waals surface area (Å²) in [6.07, 6.45) is 0. The zero-order valence-electron chi connectivity index (χ0n) is 14.5. The van der Waals surface area contributed by atoms with Crippen molar-refractivity contribution < 1.29 is 14.2 Å². The van der Waals surface area contributed by atoms with Crippen molar-refractivity contribution in [3.05, 3.63) is 74.1 Å². The van der Waals surface area contributed by atoms with Gasteiger partial charge < -0.3 is 9.42 Å². The second-order valence-electron chi connectivity index (χ2n) is 5.94. The van der Waals surface area contributed by atoms with Crippen LogP contribution in [-0.2, 0) is 6.54 Å². The quantitative estimate of drug-likeness (QED) is 0.447. The van der Waals surface area contributed by atoms with E-state index in [2.05, 4.69) is 26.1 Å². The van der Waals surface area contributed by atoms with Crippen molar-refractivity contribution >= 4 is 27.5 Å². The van der Waals surface area contributed by atoms with Crippen molar-refractivity contribution in [3.63, 3.8) is 0 Å². The lowest BCUT2D eigenvalue weighted by Gasteiger charge is -2.14. The third-order valence-electron chi connectivity index (χ3n) is 3.92. The minimum Gasteiger partial charge on any atom is -0.337 e. The molecule has 3 rings (SSSR count). The number of halogens is 1. The standard InChI is InChI=1S/C18H15BrN4O4/c1-11-6-7-13(9-15(11)23(25)26)18(24)22(2)10-16-20-17(21-27-16)12-4-3-5-14(19)8-12/h3-9H,10H2,1-2H3. The summed E-state index contributed by atoms with van der Waals surface area (Å²) in [6, 6.07) is 11.8. The van der Waals surface area contributed by atoms with E-state index in [1.807, 2.05) is 24.3 Å². The Hall–Kier alpha value is -3.07. The van der Waals surface area contributed by atoms with Crippen LogP contribution in [0.5, 0.6) is 0 Å². The molecule has 1 heterocycles. The summed E-state index contributed by atoms with van der Waals surface area (Å²) in [5.41, 5.74) is 1.41. The number of aryl methyl sites for hydroxylation is 1. The number of amides is 1. The number of hydrogen-bond donors (Lipinski definition) is 0. The molecule has 138 valence electrons. The summed E-state index contributed by atoms with van der Waals surface area (Å²) in [6.45, 7) is 1.71. The molecule has 1 aromatic heterocycles. The Bertz CT molecular complexity index is 1020. The Balaban J connectivity index is 1.76. The lowest BCUT2D eigenvalue weighted by atomic mass is 10.1. The van der Waals surface area contributed by atoms with Crippen LogP contribution in [0.25, 0.3) is 11.4 Å². The molecule has 0 atom stereocenters. The normalized spacial score (nSPS) is 10.6. The van der Waals surface area contributed by atoms with Crippen LogP contribution < -0.4 is 0 Å². The highest BCUT2D eigenvalue weighted by Crippen LogP contribution is 2.22. The molecule has 27 heavy (non-hydrogen) atoms. The average Bonchev–Trinajstić information content (AvgIpc) is 3.09. The highest BCUT2D eigenvalue weighted by molar-refractivity contribution is 9.10. The second-order valence-corrected chi connectivity index (χ2v) is 6.86. The first-order valence-electron chi connectivity index (χ1n) is 7.94. The first-order chi connectivity index (χ1) is 12.8. The lowest BCUT2D eigenvalue weighted by molar-refractivity contribution is -0.385. The Kier molecular flexibility index (Phi) is 5.31. The van der Waals surface area contributed by atoms with Crippen molar-refractivity contribution in [1.82, 2.24) is 15.0 Å². The van der Waals surface area contributed by atoms with Gasteiger partial charge in [0, 0.05) is 34.3 Å². The number of hydrogen-bond acceptors (Lipinski definition) is 6. The minimum atomic E-state index is -0.506. The van der Waals surface area contributed by atoms with Gasteiger partial charge in [-0.2, -0.15) is 4.98 Å². The summed E-state index contributed by atoms with van der Waals surface area (Å²) in [7, 11) is 1.57. The molecule has 0 aliphatic rings. The Morgan fingerprint density at radius 2 is 2.07 bits per heavy atom. The van der Waals surface area contributed by atoms with Crippen LogP contribution in [0.4, 0.5) is 5.69 Å². The topological polar surface area (TPSA) is 102 Å². The van der Waals surface area contributed by atoms with Gasteiger partial charge in [0.25, 0.3) is 11.6 Å². The first-order valence-corrected chi connectivity index (χ1v) is 8.73. The van der Waals surface area contributed by atoms with E-state index in [-0.39, 0.29) is 29.6 Å². The Morgan fingerprint density at radius 3 is 2.78 bits per heavy atom. The molecule has 0 N–H and O–H groups in total. The zero-order valence-corrected chi connectivity index (χ0v) is 16.1. The van der Waals surface area contributed by atoms with E-state index in [1.54, 1.807) is 26.1 Å². The fourth-order valence-corrected chi connectivity index (χ4v) is 2.90. The minimum absolute atomic E-state index is 0.0848. The van der Waals surface area contributed by atoms with E-state index in [0.717, 1.165) is 10.0 Å². The fourth-order valence-electron chi connectivity index (χ4n) is 2.50. The summed E-state index contributed by atoms with van der Waals surface area (Å²) in [5.74, 6) is 0.306. The van der Waals surface area contributed by atoms with Crippen molar-refractivity contribution in [2.45, 2.75) is 13.5 Å². The zero-order chi connectivity index (χ0) is 19.6. The van der Waals surface area contributed by atoms with Gasteiger partial charge in [0.2, 0.25) is 11.7 Å². The molecular weight excluding hydrogens is 416 g/mol. The van der Waals surface area contributed by atoms with Crippen LogP contribution in [0.3, 0.4) is 0 Å². The molecular formula is C18H15BrN4O4. The molecule has 0 saturated carbocycles. The van der Waals surface area contributed by atoms with Gasteiger partial charge in [-0.3, -0.25) is 14.9 Å². The second kappa shape index (κ2) is 7.67. The predicted molar refractivity (Wildman–Crippen MR) is 101 cm³/mol. The highest BCUT2D eigenvalue weighted by Gasteiger charge is 2.19. The number of rotatable bonds is 5. The molecule has 9 heteroatoms. The van der Waals surface area contributed by atoms with Crippen LogP contribution >= 0.6 is 15.9 Å². The van der Waals surface area contributed by atoms with E-state index < -0.39 is 4.92 Å². The van der Waals surface area contributed by atoms with Gasteiger partial charge in [0.05, 0.1) is 11.5 Å². The molecule has 0 radical (unpaired) electrons. The number of nitro benzene ring substituents is 1. The molecule has 0 saturated heterocycles. The number of nitro groups is 1. The van der Waals surface area contributed by atoms with E-state index in [0.29, 0.717) is 11.4 Å². The van der Waals surface area contributed by atoms with Crippen LogP contribution in [0.1, 0.15) is 21.8 Å². The summed E-state index contributed by atoms with van der Waals surface area (Å²) in [5, 5.41) is 15.0. The molecule has 8 nitrogen and oxygen atoms in total. The summed E-state index contributed by atoms with van der Waals surface area (Å²) in [4.78, 5) is 28.8. The fraction of sp³-hybridized carbons (Fsp3) is 0.167.